The molecule has 2 aromatic rings. The van der Waals surface area contributed by atoms with E-state index in [2.05, 4.69) is 20.8 Å². The van der Waals surface area contributed by atoms with Gasteiger partial charge in [-0.1, -0.05) is 18.2 Å². The van der Waals surface area contributed by atoms with Crippen molar-refractivity contribution in [3.8, 4) is 0 Å². The summed E-state index contributed by atoms with van der Waals surface area (Å²) >= 11 is 0. The van der Waals surface area contributed by atoms with Gasteiger partial charge in [0.1, 0.15) is 0 Å². The number of carbonyl (C=O) groups excluding carboxylic acids is 2. The summed E-state index contributed by atoms with van der Waals surface area (Å²) in [4.78, 5) is 23.6. The van der Waals surface area contributed by atoms with Crippen molar-refractivity contribution in [3.63, 3.8) is 0 Å². The van der Waals surface area contributed by atoms with Gasteiger partial charge in [0, 0.05) is 18.4 Å². The predicted octanol–water partition coefficient (Wildman–Crippen LogP) is 1.26. The maximum Gasteiger partial charge on any atom is 0.259 e. The number of nitrogens with zero attached hydrogens (tertiary/aromatic N) is 1. The van der Waals surface area contributed by atoms with E-state index in [4.69, 9.17) is 0 Å². The summed E-state index contributed by atoms with van der Waals surface area (Å²) in [7, 11) is 1.58. The normalized spacial score (nSPS) is 10.1. The Hall–Kier alpha value is -2.63. The number of benzene rings is 1. The molecule has 6 nitrogen and oxygen atoms in total. The van der Waals surface area contributed by atoms with Crippen LogP contribution in [0.1, 0.15) is 21.6 Å². The maximum absolute atomic E-state index is 12.1. The van der Waals surface area contributed by atoms with E-state index in [1.54, 1.807) is 20.0 Å². The van der Waals surface area contributed by atoms with Crippen LogP contribution in [0.25, 0.3) is 0 Å². The molecule has 1 aromatic carbocycles. The van der Waals surface area contributed by atoms with Crippen LogP contribution in [0, 0.1) is 6.92 Å². The number of likely N-dealkylation sites (N-methyl/N-ethyl adjacent to an activating group) is 1. The molecule has 0 atom stereocenters. The average molecular weight is 272 g/mol. The van der Waals surface area contributed by atoms with Crippen LogP contribution in [-0.2, 0) is 11.2 Å². The smallest absolute Gasteiger partial charge is 0.259 e. The summed E-state index contributed by atoms with van der Waals surface area (Å²) in [5.74, 6) is -0.355. The standard InChI is InChI=1S/C14H16N4O2/c1-9-11(8-16-18-9)14(20)17-12-6-4-3-5-10(12)7-13(19)15-2/h3-6,8H,7H2,1-2H3,(H,15,19)(H,16,18)(H,17,20). The molecule has 0 aliphatic carbocycles. The molecule has 0 saturated heterocycles. The van der Waals surface area contributed by atoms with Crippen molar-refractivity contribution in [2.24, 2.45) is 0 Å². The molecule has 20 heavy (non-hydrogen) atoms. The van der Waals surface area contributed by atoms with E-state index in [9.17, 15) is 9.59 Å². The molecule has 0 unspecified atom stereocenters. The number of aryl methyl sites for hydroxylation is 1. The zero-order chi connectivity index (χ0) is 14.5. The Balaban J connectivity index is 2.19. The highest BCUT2D eigenvalue weighted by Gasteiger charge is 2.13. The Morgan fingerprint density at radius 1 is 1.30 bits per heavy atom. The fourth-order valence-electron chi connectivity index (χ4n) is 1.83. The van der Waals surface area contributed by atoms with Crippen molar-refractivity contribution in [2.45, 2.75) is 13.3 Å². The summed E-state index contributed by atoms with van der Waals surface area (Å²) in [6.07, 6.45) is 1.70. The van der Waals surface area contributed by atoms with Crippen LogP contribution >= 0.6 is 0 Å². The highest BCUT2D eigenvalue weighted by Crippen LogP contribution is 2.17. The monoisotopic (exact) mass is 272 g/mol. The lowest BCUT2D eigenvalue weighted by Crippen LogP contribution is -2.21. The molecule has 1 aromatic heterocycles. The quantitative estimate of drug-likeness (QED) is 0.783. The topological polar surface area (TPSA) is 86.9 Å². The van der Waals surface area contributed by atoms with Crippen molar-refractivity contribution in [1.29, 1.82) is 0 Å². The first kappa shape index (κ1) is 13.8. The van der Waals surface area contributed by atoms with Crippen LogP contribution < -0.4 is 10.6 Å². The van der Waals surface area contributed by atoms with E-state index >= 15 is 0 Å². The van der Waals surface area contributed by atoms with E-state index in [0.29, 0.717) is 16.9 Å². The van der Waals surface area contributed by atoms with Crippen molar-refractivity contribution < 1.29 is 9.59 Å². The Bertz CT molecular complexity index is 634. The third kappa shape index (κ3) is 3.03. The van der Waals surface area contributed by atoms with E-state index in [1.165, 1.54) is 6.20 Å². The van der Waals surface area contributed by atoms with Gasteiger partial charge in [-0.3, -0.25) is 14.7 Å². The Morgan fingerprint density at radius 3 is 2.70 bits per heavy atom. The summed E-state index contributed by atoms with van der Waals surface area (Å²) in [5, 5.41) is 11.9. The molecule has 0 fully saturated rings. The number of para-hydroxylation sites is 1. The molecule has 0 bridgehead atoms. The summed E-state index contributed by atoms with van der Waals surface area (Å²) < 4.78 is 0. The number of hydrogen-bond donors (Lipinski definition) is 3. The number of rotatable bonds is 4. The van der Waals surface area contributed by atoms with Gasteiger partial charge in [0.05, 0.1) is 18.2 Å². The van der Waals surface area contributed by atoms with Gasteiger partial charge < -0.3 is 10.6 Å². The molecule has 104 valence electrons. The van der Waals surface area contributed by atoms with Crippen LogP contribution in [0.15, 0.2) is 30.5 Å². The molecular formula is C14H16N4O2. The van der Waals surface area contributed by atoms with Crippen molar-refractivity contribution in [1.82, 2.24) is 15.5 Å². The first-order valence-electron chi connectivity index (χ1n) is 6.21. The van der Waals surface area contributed by atoms with Gasteiger partial charge in [0.2, 0.25) is 5.91 Å². The van der Waals surface area contributed by atoms with Crippen LogP contribution in [0.2, 0.25) is 0 Å². The second-order valence-electron chi connectivity index (χ2n) is 4.37. The number of hydrogen-bond acceptors (Lipinski definition) is 3. The molecule has 3 N–H and O–H groups in total. The van der Waals surface area contributed by atoms with Crippen molar-refractivity contribution in [2.75, 3.05) is 12.4 Å². The minimum absolute atomic E-state index is 0.105. The highest BCUT2D eigenvalue weighted by atomic mass is 16.2. The van der Waals surface area contributed by atoms with Gasteiger partial charge >= 0.3 is 0 Å². The van der Waals surface area contributed by atoms with E-state index in [0.717, 1.165) is 5.56 Å². The fraction of sp³-hybridized carbons (Fsp3) is 0.214. The molecule has 0 aliphatic rings. The second kappa shape index (κ2) is 6.01. The van der Waals surface area contributed by atoms with Crippen LogP contribution in [0.4, 0.5) is 5.69 Å². The van der Waals surface area contributed by atoms with Gasteiger partial charge in [-0.15, -0.1) is 0 Å². The Morgan fingerprint density at radius 2 is 2.05 bits per heavy atom. The first-order valence-corrected chi connectivity index (χ1v) is 6.21. The molecular weight excluding hydrogens is 256 g/mol. The molecule has 0 saturated carbocycles. The number of carbonyl (C=O) groups is 2. The van der Waals surface area contributed by atoms with E-state index < -0.39 is 0 Å². The molecule has 2 amide bonds. The van der Waals surface area contributed by atoms with E-state index in [-0.39, 0.29) is 18.2 Å². The third-order valence-corrected chi connectivity index (χ3v) is 2.97. The lowest BCUT2D eigenvalue weighted by Gasteiger charge is -2.10. The highest BCUT2D eigenvalue weighted by molar-refractivity contribution is 6.05. The first-order chi connectivity index (χ1) is 9.61. The molecule has 0 radical (unpaired) electrons. The summed E-state index contributed by atoms with van der Waals surface area (Å²) in [6.45, 7) is 1.78. The minimum Gasteiger partial charge on any atom is -0.359 e. The summed E-state index contributed by atoms with van der Waals surface area (Å²) in [5.41, 5.74) is 2.58. The van der Waals surface area contributed by atoms with Crippen LogP contribution in [0.3, 0.4) is 0 Å². The van der Waals surface area contributed by atoms with Gasteiger partial charge in [0.25, 0.3) is 5.91 Å². The predicted molar refractivity (Wildman–Crippen MR) is 75.5 cm³/mol. The van der Waals surface area contributed by atoms with Gasteiger partial charge in [-0.2, -0.15) is 5.10 Å². The van der Waals surface area contributed by atoms with Crippen LogP contribution in [0.5, 0.6) is 0 Å². The number of aromatic amines is 1. The molecule has 6 heteroatoms. The van der Waals surface area contributed by atoms with Gasteiger partial charge in [-0.05, 0) is 18.6 Å². The number of anilines is 1. The molecule has 2 rings (SSSR count). The molecule has 0 spiro atoms. The minimum atomic E-state index is -0.249. The third-order valence-electron chi connectivity index (χ3n) is 2.97. The van der Waals surface area contributed by atoms with Gasteiger partial charge in [0.15, 0.2) is 0 Å². The zero-order valence-electron chi connectivity index (χ0n) is 11.4. The van der Waals surface area contributed by atoms with Crippen LogP contribution in [-0.4, -0.2) is 29.1 Å². The number of aromatic nitrogens is 2. The zero-order valence-corrected chi connectivity index (χ0v) is 11.4. The van der Waals surface area contributed by atoms with Crippen molar-refractivity contribution >= 4 is 17.5 Å². The maximum atomic E-state index is 12.1. The fourth-order valence-corrected chi connectivity index (χ4v) is 1.83. The second-order valence-corrected chi connectivity index (χ2v) is 4.37. The average Bonchev–Trinajstić information content (AvgIpc) is 2.87. The number of H-pyrrole nitrogens is 1. The SMILES string of the molecule is CNC(=O)Cc1ccccc1NC(=O)c1cn[nH]c1C. The lowest BCUT2D eigenvalue weighted by molar-refractivity contribution is -0.119. The van der Waals surface area contributed by atoms with E-state index in [1.807, 2.05) is 18.2 Å². The Kier molecular flexibility index (Phi) is 4.14. The van der Waals surface area contributed by atoms with Crippen molar-refractivity contribution in [3.05, 3.63) is 47.3 Å². The van der Waals surface area contributed by atoms with Gasteiger partial charge in [-0.25, -0.2) is 0 Å². The molecule has 1 heterocycles. The lowest BCUT2D eigenvalue weighted by atomic mass is 10.1. The number of nitrogens with one attached hydrogen (secondary N) is 3. The largest absolute Gasteiger partial charge is 0.359 e. The Labute approximate surface area is 116 Å². The molecule has 0 aliphatic heterocycles. The summed E-state index contributed by atoms with van der Waals surface area (Å²) in [6, 6.07) is 7.22. The number of amides is 2.